The van der Waals surface area contributed by atoms with Crippen molar-refractivity contribution in [3.63, 3.8) is 0 Å². The Morgan fingerprint density at radius 3 is 2.48 bits per heavy atom. The first-order valence-corrected chi connectivity index (χ1v) is 12.2. The Bertz CT molecular complexity index is 932. The maximum absolute atomic E-state index is 13.3. The number of amides is 2. The Morgan fingerprint density at radius 2 is 1.81 bits per heavy atom. The molecule has 4 nitrogen and oxygen atoms in total. The summed E-state index contributed by atoms with van der Waals surface area (Å²) in [6.07, 6.45) is 5.64. The molecule has 1 atom stereocenters. The molecule has 0 saturated heterocycles. The first-order chi connectivity index (χ1) is 14.8. The lowest BCUT2D eigenvalue weighted by atomic mass is 9.95. The van der Waals surface area contributed by atoms with Crippen LogP contribution in [0.4, 0.5) is 0 Å². The summed E-state index contributed by atoms with van der Waals surface area (Å²) >= 11 is 15.6. The van der Waals surface area contributed by atoms with Gasteiger partial charge >= 0.3 is 0 Å². The zero-order valence-corrected chi connectivity index (χ0v) is 20.6. The van der Waals surface area contributed by atoms with Crippen LogP contribution in [0, 0.1) is 0 Å². The van der Waals surface area contributed by atoms with Crippen LogP contribution in [0.25, 0.3) is 0 Å². The minimum absolute atomic E-state index is 0.107. The van der Waals surface area contributed by atoms with E-state index in [4.69, 9.17) is 23.2 Å². The van der Waals surface area contributed by atoms with Gasteiger partial charge < -0.3 is 10.2 Å². The van der Waals surface area contributed by atoms with Crippen LogP contribution in [0.2, 0.25) is 10.0 Å². The van der Waals surface area contributed by atoms with Crippen molar-refractivity contribution in [1.29, 1.82) is 0 Å². The summed E-state index contributed by atoms with van der Waals surface area (Å²) in [6, 6.07) is 12.6. The molecule has 31 heavy (non-hydrogen) atoms. The maximum Gasteiger partial charge on any atom is 0.242 e. The number of hydrogen-bond donors (Lipinski definition) is 1. The van der Waals surface area contributed by atoms with E-state index in [1.807, 2.05) is 24.3 Å². The molecule has 7 heteroatoms. The number of carbonyl (C=O) groups is 2. The Morgan fingerprint density at radius 1 is 1.06 bits per heavy atom. The molecular weight excluding hydrogens is 499 g/mol. The minimum Gasteiger partial charge on any atom is -0.352 e. The molecule has 166 valence electrons. The molecule has 0 radical (unpaired) electrons. The Balaban J connectivity index is 1.77. The van der Waals surface area contributed by atoms with Gasteiger partial charge in [-0.05, 0) is 55.2 Å². The Labute approximate surface area is 202 Å². The van der Waals surface area contributed by atoms with Crippen molar-refractivity contribution in [1.82, 2.24) is 10.2 Å². The number of carbonyl (C=O) groups excluding carboxylic acids is 2. The van der Waals surface area contributed by atoms with E-state index in [-0.39, 0.29) is 24.3 Å². The fourth-order valence-corrected chi connectivity index (χ4v) is 4.68. The van der Waals surface area contributed by atoms with Gasteiger partial charge in [0.05, 0.1) is 16.5 Å². The lowest BCUT2D eigenvalue weighted by Crippen LogP contribution is -2.50. The molecule has 1 aliphatic carbocycles. The van der Waals surface area contributed by atoms with Gasteiger partial charge in [-0.2, -0.15) is 0 Å². The molecule has 1 fully saturated rings. The highest BCUT2D eigenvalue weighted by molar-refractivity contribution is 9.10. The van der Waals surface area contributed by atoms with Gasteiger partial charge in [0.15, 0.2) is 0 Å². The van der Waals surface area contributed by atoms with Crippen molar-refractivity contribution in [2.24, 2.45) is 0 Å². The fourth-order valence-electron chi connectivity index (χ4n) is 3.91. The van der Waals surface area contributed by atoms with E-state index in [0.717, 1.165) is 41.3 Å². The number of rotatable bonds is 7. The third-order valence-corrected chi connectivity index (χ3v) is 6.93. The number of hydrogen-bond acceptors (Lipinski definition) is 2. The van der Waals surface area contributed by atoms with Gasteiger partial charge in [0.2, 0.25) is 11.8 Å². The Hall–Kier alpha value is -1.56. The molecular formula is C24H27BrCl2N2O2. The molecule has 2 aromatic rings. The normalized spacial score (nSPS) is 15.4. The van der Waals surface area contributed by atoms with Crippen molar-refractivity contribution in [2.75, 3.05) is 0 Å². The Kier molecular flexibility index (Phi) is 8.82. The van der Waals surface area contributed by atoms with Gasteiger partial charge in [0, 0.05) is 17.1 Å². The monoisotopic (exact) mass is 524 g/mol. The van der Waals surface area contributed by atoms with E-state index < -0.39 is 6.04 Å². The summed E-state index contributed by atoms with van der Waals surface area (Å²) in [5.41, 5.74) is 1.72. The van der Waals surface area contributed by atoms with Crippen molar-refractivity contribution in [2.45, 2.75) is 64.1 Å². The molecule has 1 aliphatic rings. The van der Waals surface area contributed by atoms with E-state index in [1.165, 1.54) is 6.42 Å². The summed E-state index contributed by atoms with van der Waals surface area (Å²) in [5, 5.41) is 4.01. The molecule has 2 aromatic carbocycles. The predicted octanol–water partition coefficient (Wildman–Crippen LogP) is 6.16. The topological polar surface area (TPSA) is 49.4 Å². The van der Waals surface area contributed by atoms with Crippen LogP contribution in [0.15, 0.2) is 46.9 Å². The predicted molar refractivity (Wildman–Crippen MR) is 129 cm³/mol. The van der Waals surface area contributed by atoms with Crippen molar-refractivity contribution in [3.05, 3.63) is 68.1 Å². The van der Waals surface area contributed by atoms with Crippen LogP contribution in [-0.4, -0.2) is 28.8 Å². The van der Waals surface area contributed by atoms with Crippen molar-refractivity contribution >= 4 is 50.9 Å². The molecule has 0 bridgehead atoms. The molecule has 2 amide bonds. The zero-order valence-electron chi connectivity index (χ0n) is 17.5. The van der Waals surface area contributed by atoms with E-state index in [9.17, 15) is 9.59 Å². The van der Waals surface area contributed by atoms with Crippen LogP contribution < -0.4 is 5.32 Å². The summed E-state index contributed by atoms with van der Waals surface area (Å²) in [5.74, 6) is -0.242. The third kappa shape index (κ3) is 6.96. The highest BCUT2D eigenvalue weighted by Gasteiger charge is 2.28. The van der Waals surface area contributed by atoms with Crippen LogP contribution in [0.1, 0.15) is 50.2 Å². The molecule has 0 spiro atoms. The van der Waals surface area contributed by atoms with Gasteiger partial charge in [-0.25, -0.2) is 0 Å². The van der Waals surface area contributed by atoms with Crippen LogP contribution in [-0.2, 0) is 22.6 Å². The molecule has 3 rings (SSSR count). The van der Waals surface area contributed by atoms with Crippen LogP contribution >= 0.6 is 39.1 Å². The summed E-state index contributed by atoms with van der Waals surface area (Å²) in [4.78, 5) is 27.9. The molecule has 1 unspecified atom stereocenters. The SMILES string of the molecule is CC(C(=O)NC1CCCCC1)N(Cc1cccc(Br)c1)C(=O)Cc1ccc(Cl)c(Cl)c1. The second-order valence-electron chi connectivity index (χ2n) is 8.10. The van der Waals surface area contributed by atoms with Gasteiger partial charge in [0.1, 0.15) is 6.04 Å². The molecule has 0 heterocycles. The number of nitrogens with one attached hydrogen (secondary N) is 1. The van der Waals surface area contributed by atoms with Gasteiger partial charge in [-0.1, -0.05) is 76.6 Å². The summed E-state index contributed by atoms with van der Waals surface area (Å²) in [6.45, 7) is 2.14. The lowest BCUT2D eigenvalue weighted by molar-refractivity contribution is -0.140. The quantitative estimate of drug-likeness (QED) is 0.470. The molecule has 0 aliphatic heterocycles. The van der Waals surface area contributed by atoms with Crippen molar-refractivity contribution < 1.29 is 9.59 Å². The van der Waals surface area contributed by atoms with E-state index in [0.29, 0.717) is 16.6 Å². The fraction of sp³-hybridized carbons (Fsp3) is 0.417. The standard InChI is InChI=1S/C24H27BrCl2N2O2/c1-16(24(31)28-20-8-3-2-4-9-20)29(15-18-6-5-7-19(25)12-18)23(30)14-17-10-11-21(26)22(27)13-17/h5-7,10-13,16,20H,2-4,8-9,14-15H2,1H3,(H,28,31). The van der Waals surface area contributed by atoms with Crippen molar-refractivity contribution in [3.8, 4) is 0 Å². The van der Waals surface area contributed by atoms with Gasteiger partial charge in [-0.15, -0.1) is 0 Å². The first-order valence-electron chi connectivity index (χ1n) is 10.6. The van der Waals surface area contributed by atoms with E-state index in [2.05, 4.69) is 21.2 Å². The average molecular weight is 526 g/mol. The summed E-state index contributed by atoms with van der Waals surface area (Å²) in [7, 11) is 0. The van der Waals surface area contributed by atoms with E-state index >= 15 is 0 Å². The number of benzene rings is 2. The lowest BCUT2D eigenvalue weighted by Gasteiger charge is -2.31. The average Bonchev–Trinajstić information content (AvgIpc) is 2.75. The van der Waals surface area contributed by atoms with Crippen LogP contribution in [0.5, 0.6) is 0 Å². The maximum atomic E-state index is 13.3. The second-order valence-corrected chi connectivity index (χ2v) is 9.83. The number of nitrogens with zero attached hydrogens (tertiary/aromatic N) is 1. The smallest absolute Gasteiger partial charge is 0.242 e. The molecule has 0 aromatic heterocycles. The third-order valence-electron chi connectivity index (χ3n) is 5.70. The largest absolute Gasteiger partial charge is 0.352 e. The highest BCUT2D eigenvalue weighted by atomic mass is 79.9. The number of halogens is 3. The van der Waals surface area contributed by atoms with Gasteiger partial charge in [-0.3, -0.25) is 9.59 Å². The van der Waals surface area contributed by atoms with E-state index in [1.54, 1.807) is 30.0 Å². The second kappa shape index (κ2) is 11.3. The zero-order chi connectivity index (χ0) is 22.4. The summed E-state index contributed by atoms with van der Waals surface area (Å²) < 4.78 is 0.932. The molecule has 1 saturated carbocycles. The molecule has 1 N–H and O–H groups in total. The highest BCUT2D eigenvalue weighted by Crippen LogP contribution is 2.24. The first kappa shape index (κ1) is 24.1. The minimum atomic E-state index is -0.587. The van der Waals surface area contributed by atoms with Crippen LogP contribution in [0.3, 0.4) is 0 Å². The van der Waals surface area contributed by atoms with Gasteiger partial charge in [0.25, 0.3) is 0 Å².